The van der Waals surface area contributed by atoms with Gasteiger partial charge in [0.05, 0.1) is 6.33 Å². The molecule has 0 saturated carbocycles. The van der Waals surface area contributed by atoms with Crippen molar-refractivity contribution in [3.8, 4) is 23.0 Å². The normalized spacial score (nSPS) is 14.3. The van der Waals surface area contributed by atoms with Crippen LogP contribution in [0, 0.1) is 13.8 Å². The number of amides is 1. The van der Waals surface area contributed by atoms with Gasteiger partial charge in [-0.05, 0) is 74.0 Å². The quantitative estimate of drug-likeness (QED) is 0.301. The molecule has 0 unspecified atom stereocenters. The lowest BCUT2D eigenvalue weighted by molar-refractivity contribution is 0.102. The molecule has 6 rings (SSSR count). The minimum Gasteiger partial charge on any atom is -0.437 e. The van der Waals surface area contributed by atoms with Gasteiger partial charge in [0.1, 0.15) is 5.75 Å². The molecular formula is C32H34N8O2. The fourth-order valence-electron chi connectivity index (χ4n) is 5.03. The number of benzene rings is 2. The Balaban J connectivity index is 1.21. The number of pyridine rings is 1. The van der Waals surface area contributed by atoms with Crippen LogP contribution in [0.3, 0.4) is 0 Å². The summed E-state index contributed by atoms with van der Waals surface area (Å²) in [4.78, 5) is 36.1. The van der Waals surface area contributed by atoms with E-state index in [1.165, 1.54) is 5.56 Å². The van der Waals surface area contributed by atoms with Crippen molar-refractivity contribution >= 4 is 22.8 Å². The van der Waals surface area contributed by atoms with E-state index < -0.39 is 0 Å². The molecule has 1 amide bonds. The number of fused-ring (bicyclic) bond motifs is 1. The summed E-state index contributed by atoms with van der Waals surface area (Å²) in [5.74, 6) is 1.09. The van der Waals surface area contributed by atoms with Gasteiger partial charge in [0, 0.05) is 69.0 Å². The zero-order valence-corrected chi connectivity index (χ0v) is 24.3. The molecule has 1 fully saturated rings. The van der Waals surface area contributed by atoms with Gasteiger partial charge in [0.2, 0.25) is 0 Å². The predicted octanol–water partition coefficient (Wildman–Crippen LogP) is 4.83. The fourth-order valence-corrected chi connectivity index (χ4v) is 5.03. The summed E-state index contributed by atoms with van der Waals surface area (Å²) in [6, 6.07) is 15.2. The molecule has 5 aromatic rings. The van der Waals surface area contributed by atoms with Gasteiger partial charge < -0.3 is 19.5 Å². The molecule has 1 N–H and O–H groups in total. The number of imidazole rings is 1. The number of aromatic nitrogens is 5. The third kappa shape index (κ3) is 5.86. The van der Waals surface area contributed by atoms with Crippen molar-refractivity contribution in [1.82, 2.24) is 34.3 Å². The molecule has 1 aliphatic rings. The number of carbonyl (C=O) groups is 1. The smallest absolute Gasteiger partial charge is 0.255 e. The zero-order valence-electron chi connectivity index (χ0n) is 24.3. The van der Waals surface area contributed by atoms with Crippen LogP contribution in [0.5, 0.6) is 11.6 Å². The molecule has 4 heterocycles. The van der Waals surface area contributed by atoms with Crippen molar-refractivity contribution in [1.29, 1.82) is 0 Å². The highest BCUT2D eigenvalue weighted by molar-refractivity contribution is 6.04. The Morgan fingerprint density at radius 1 is 0.976 bits per heavy atom. The van der Waals surface area contributed by atoms with E-state index in [-0.39, 0.29) is 5.91 Å². The second-order valence-electron chi connectivity index (χ2n) is 10.9. The molecule has 1 saturated heterocycles. The summed E-state index contributed by atoms with van der Waals surface area (Å²) in [6.45, 7) is 9.25. The summed E-state index contributed by atoms with van der Waals surface area (Å²) in [6.07, 6.45) is 5.08. The van der Waals surface area contributed by atoms with Crippen LogP contribution in [-0.4, -0.2) is 73.4 Å². The molecule has 2 aromatic carbocycles. The number of carbonyl (C=O) groups excluding carboxylic acids is 1. The predicted molar refractivity (Wildman–Crippen MR) is 163 cm³/mol. The third-order valence-corrected chi connectivity index (χ3v) is 7.69. The van der Waals surface area contributed by atoms with Gasteiger partial charge in [-0.2, -0.15) is 4.98 Å². The summed E-state index contributed by atoms with van der Waals surface area (Å²) in [7, 11) is 4.04. The molecule has 214 valence electrons. The van der Waals surface area contributed by atoms with Gasteiger partial charge >= 0.3 is 0 Å². The number of piperazine rings is 1. The number of likely N-dealkylation sites (N-methyl/N-ethyl adjacent to an activating group) is 1. The molecule has 1 aliphatic heterocycles. The van der Waals surface area contributed by atoms with Gasteiger partial charge in [-0.15, -0.1) is 0 Å². The molecule has 0 bridgehead atoms. The molecule has 0 atom stereocenters. The number of hydrogen-bond donors (Lipinski definition) is 1. The number of nitrogens with zero attached hydrogens (tertiary/aromatic N) is 7. The van der Waals surface area contributed by atoms with Crippen molar-refractivity contribution in [3.05, 3.63) is 89.5 Å². The highest BCUT2D eigenvalue weighted by Crippen LogP contribution is 2.31. The van der Waals surface area contributed by atoms with Gasteiger partial charge in [-0.3, -0.25) is 14.7 Å². The standard InChI is InChI=1S/C32H34N8O2/c1-21-7-8-23(31(41)35-26-10-9-25(22(2)16-26)19-40-14-12-38(3)13-15-40)17-27(21)42-32-28-30(39(4)20-34-28)36-29(37-32)24-6-5-11-33-18-24/h5-11,16-18,20H,12-15,19H2,1-4H3,(H,35,41). The number of rotatable bonds is 7. The van der Waals surface area contributed by atoms with Crippen LogP contribution in [0.4, 0.5) is 5.69 Å². The summed E-state index contributed by atoms with van der Waals surface area (Å²) < 4.78 is 8.14. The maximum absolute atomic E-state index is 13.3. The minimum absolute atomic E-state index is 0.215. The third-order valence-electron chi connectivity index (χ3n) is 7.69. The first-order valence-electron chi connectivity index (χ1n) is 14.0. The zero-order chi connectivity index (χ0) is 29.2. The van der Waals surface area contributed by atoms with E-state index >= 15 is 0 Å². The van der Waals surface area contributed by atoms with Crippen LogP contribution < -0.4 is 10.1 Å². The van der Waals surface area contributed by atoms with E-state index in [1.54, 1.807) is 30.9 Å². The largest absolute Gasteiger partial charge is 0.437 e. The lowest BCUT2D eigenvalue weighted by atomic mass is 10.1. The van der Waals surface area contributed by atoms with Crippen molar-refractivity contribution in [3.63, 3.8) is 0 Å². The van der Waals surface area contributed by atoms with Crippen molar-refractivity contribution in [2.24, 2.45) is 7.05 Å². The minimum atomic E-state index is -0.215. The Kier molecular flexibility index (Phi) is 7.64. The Bertz CT molecular complexity index is 1740. The Morgan fingerprint density at radius 3 is 2.57 bits per heavy atom. The van der Waals surface area contributed by atoms with Gasteiger partial charge in [0.15, 0.2) is 17.0 Å². The first-order valence-corrected chi connectivity index (χ1v) is 14.0. The van der Waals surface area contributed by atoms with E-state index in [0.29, 0.717) is 34.2 Å². The average Bonchev–Trinajstić information content (AvgIpc) is 3.37. The van der Waals surface area contributed by atoms with Gasteiger partial charge in [-0.25, -0.2) is 9.97 Å². The van der Waals surface area contributed by atoms with Crippen molar-refractivity contribution < 1.29 is 9.53 Å². The monoisotopic (exact) mass is 562 g/mol. The Hall–Kier alpha value is -4.67. The fraction of sp³-hybridized carbons (Fsp3) is 0.281. The van der Waals surface area contributed by atoms with Crippen LogP contribution >= 0.6 is 0 Å². The second kappa shape index (κ2) is 11.7. The summed E-state index contributed by atoms with van der Waals surface area (Å²) >= 11 is 0. The topological polar surface area (TPSA) is 101 Å². The molecule has 0 aliphatic carbocycles. The number of aryl methyl sites for hydroxylation is 3. The van der Waals surface area contributed by atoms with Crippen LogP contribution in [0.25, 0.3) is 22.6 Å². The lowest BCUT2D eigenvalue weighted by Gasteiger charge is -2.32. The van der Waals surface area contributed by atoms with Crippen molar-refractivity contribution in [2.75, 3.05) is 38.5 Å². The number of ether oxygens (including phenoxy) is 1. The highest BCUT2D eigenvalue weighted by atomic mass is 16.5. The molecule has 3 aromatic heterocycles. The molecule has 10 heteroatoms. The molecule has 0 radical (unpaired) electrons. The molecular weight excluding hydrogens is 528 g/mol. The number of anilines is 1. The van der Waals surface area contributed by atoms with Crippen LogP contribution in [0.1, 0.15) is 27.0 Å². The second-order valence-corrected chi connectivity index (χ2v) is 10.9. The first-order chi connectivity index (χ1) is 20.3. The molecule has 42 heavy (non-hydrogen) atoms. The van der Waals surface area contributed by atoms with E-state index in [9.17, 15) is 4.79 Å². The lowest BCUT2D eigenvalue weighted by Crippen LogP contribution is -2.43. The van der Waals surface area contributed by atoms with Crippen LogP contribution in [0.2, 0.25) is 0 Å². The van der Waals surface area contributed by atoms with E-state index in [4.69, 9.17) is 4.74 Å². The maximum atomic E-state index is 13.3. The van der Waals surface area contributed by atoms with E-state index in [0.717, 1.165) is 55.1 Å². The van der Waals surface area contributed by atoms with Crippen molar-refractivity contribution in [2.45, 2.75) is 20.4 Å². The first kappa shape index (κ1) is 27.5. The number of hydrogen-bond acceptors (Lipinski definition) is 8. The van der Waals surface area contributed by atoms with Gasteiger partial charge in [0.25, 0.3) is 11.8 Å². The molecule has 0 spiro atoms. The van der Waals surface area contributed by atoms with Crippen LogP contribution in [0.15, 0.2) is 67.3 Å². The Morgan fingerprint density at radius 2 is 1.81 bits per heavy atom. The van der Waals surface area contributed by atoms with E-state index in [1.807, 2.05) is 48.9 Å². The van der Waals surface area contributed by atoms with Gasteiger partial charge in [-0.1, -0.05) is 12.1 Å². The SMILES string of the molecule is Cc1cc(NC(=O)c2ccc(C)c(Oc3nc(-c4cccnc4)nc4c3ncn4C)c2)ccc1CN1CCN(C)CC1. The number of nitrogens with one attached hydrogen (secondary N) is 1. The molecule has 10 nitrogen and oxygen atoms in total. The highest BCUT2D eigenvalue weighted by Gasteiger charge is 2.18. The maximum Gasteiger partial charge on any atom is 0.255 e. The van der Waals surface area contributed by atoms with E-state index in [2.05, 4.69) is 55.1 Å². The van der Waals surface area contributed by atoms with Crippen LogP contribution in [-0.2, 0) is 13.6 Å². The Labute approximate surface area is 245 Å². The summed E-state index contributed by atoms with van der Waals surface area (Å²) in [5.41, 5.74) is 6.47. The average molecular weight is 563 g/mol. The summed E-state index contributed by atoms with van der Waals surface area (Å²) in [5, 5.41) is 3.05.